The van der Waals surface area contributed by atoms with E-state index in [1.54, 1.807) is 0 Å². The third-order valence-corrected chi connectivity index (χ3v) is 3.70. The lowest BCUT2D eigenvalue weighted by Gasteiger charge is -2.13. The van der Waals surface area contributed by atoms with Gasteiger partial charge in [0.05, 0.1) is 0 Å². The van der Waals surface area contributed by atoms with Crippen LogP contribution in [0.5, 0.6) is 0 Å². The Morgan fingerprint density at radius 1 is 0.882 bits per heavy atom. The van der Waals surface area contributed by atoms with Gasteiger partial charge in [0.1, 0.15) is 0 Å². The van der Waals surface area contributed by atoms with Crippen molar-refractivity contribution in [1.29, 1.82) is 0 Å². The van der Waals surface area contributed by atoms with Crippen molar-refractivity contribution in [2.24, 2.45) is 0 Å². The average molecular weight is 223 g/mol. The van der Waals surface area contributed by atoms with Crippen molar-refractivity contribution in [3.63, 3.8) is 0 Å². The van der Waals surface area contributed by atoms with E-state index < -0.39 is 0 Å². The highest BCUT2D eigenvalue weighted by Crippen LogP contribution is 2.31. The molecule has 0 radical (unpaired) electrons. The normalized spacial score (nSPS) is 13.3. The second-order valence-corrected chi connectivity index (χ2v) is 4.85. The predicted octanol–water partition coefficient (Wildman–Crippen LogP) is 3.82. The Kier molecular flexibility index (Phi) is 2.40. The Bertz CT molecular complexity index is 570. The quantitative estimate of drug-likeness (QED) is 0.716. The summed E-state index contributed by atoms with van der Waals surface area (Å²) in [7, 11) is 0. The molecule has 1 heterocycles. The fourth-order valence-electron chi connectivity index (χ4n) is 2.62. The summed E-state index contributed by atoms with van der Waals surface area (Å²) < 4.78 is 0. The Labute approximate surface area is 102 Å². The molecule has 0 fully saturated rings. The van der Waals surface area contributed by atoms with Gasteiger partial charge >= 0.3 is 0 Å². The highest BCUT2D eigenvalue weighted by atomic mass is 14.9. The van der Waals surface area contributed by atoms with E-state index in [2.05, 4.69) is 55.6 Å². The fourth-order valence-corrected chi connectivity index (χ4v) is 2.62. The van der Waals surface area contributed by atoms with Crippen LogP contribution in [0, 0.1) is 13.8 Å². The lowest BCUT2D eigenvalue weighted by Crippen LogP contribution is -2.01. The topological polar surface area (TPSA) is 12.0 Å². The fraction of sp³-hybridized carbons (Fsp3) is 0.250. The molecule has 0 saturated carbocycles. The number of nitrogens with one attached hydrogen (secondary N) is 1. The van der Waals surface area contributed by atoms with E-state index in [4.69, 9.17) is 0 Å². The van der Waals surface area contributed by atoms with Crippen molar-refractivity contribution in [2.75, 3.05) is 5.32 Å². The van der Waals surface area contributed by atoms with E-state index >= 15 is 0 Å². The van der Waals surface area contributed by atoms with Crippen LogP contribution in [0.3, 0.4) is 0 Å². The van der Waals surface area contributed by atoms with E-state index in [-0.39, 0.29) is 0 Å². The highest BCUT2D eigenvalue weighted by Gasteiger charge is 2.15. The van der Waals surface area contributed by atoms with Crippen LogP contribution in [0.2, 0.25) is 0 Å². The molecular formula is C16H17N. The van der Waals surface area contributed by atoms with Gasteiger partial charge in [-0.05, 0) is 41.7 Å². The zero-order valence-electron chi connectivity index (χ0n) is 10.4. The third kappa shape index (κ3) is 1.72. The van der Waals surface area contributed by atoms with Gasteiger partial charge in [0, 0.05) is 18.7 Å². The predicted molar refractivity (Wildman–Crippen MR) is 72.5 cm³/mol. The van der Waals surface area contributed by atoms with Gasteiger partial charge in [0.25, 0.3) is 0 Å². The molecule has 0 spiro atoms. The number of fused-ring (bicyclic) bond motifs is 2. The lowest BCUT2D eigenvalue weighted by molar-refractivity contribution is 1.12. The summed E-state index contributed by atoms with van der Waals surface area (Å²) in [5, 5.41) is 3.59. The minimum absolute atomic E-state index is 0.938. The van der Waals surface area contributed by atoms with Crippen molar-refractivity contribution in [3.05, 3.63) is 64.2 Å². The average Bonchev–Trinajstić information content (AvgIpc) is 2.54. The summed E-state index contributed by atoms with van der Waals surface area (Å²) in [5.74, 6) is 0. The number of benzene rings is 2. The Hall–Kier alpha value is -1.76. The molecule has 0 saturated heterocycles. The minimum Gasteiger partial charge on any atom is -0.381 e. The molecule has 3 rings (SSSR count). The standard InChI is InChI=1S/C16H17N/c1-11-7-8-12(2)16-15(11)9-13-5-3-4-6-14(13)10-17-16/h3-8,17H,9-10H2,1-2H3. The molecular weight excluding hydrogens is 206 g/mol. The first-order chi connectivity index (χ1) is 8.25. The maximum absolute atomic E-state index is 3.59. The molecule has 17 heavy (non-hydrogen) atoms. The zero-order chi connectivity index (χ0) is 11.8. The molecule has 0 unspecified atom stereocenters. The van der Waals surface area contributed by atoms with Crippen LogP contribution in [0.15, 0.2) is 36.4 Å². The van der Waals surface area contributed by atoms with Crippen LogP contribution in [0.4, 0.5) is 5.69 Å². The van der Waals surface area contributed by atoms with Gasteiger partial charge in [-0.3, -0.25) is 0 Å². The van der Waals surface area contributed by atoms with Crippen molar-refractivity contribution >= 4 is 5.69 Å². The van der Waals surface area contributed by atoms with Gasteiger partial charge in [-0.25, -0.2) is 0 Å². The molecule has 0 aromatic heterocycles. The molecule has 0 amide bonds. The van der Waals surface area contributed by atoms with Crippen LogP contribution >= 0.6 is 0 Å². The van der Waals surface area contributed by atoms with E-state index in [9.17, 15) is 0 Å². The number of hydrogen-bond acceptors (Lipinski definition) is 1. The van der Waals surface area contributed by atoms with Crippen LogP contribution in [0.1, 0.15) is 27.8 Å². The largest absolute Gasteiger partial charge is 0.381 e. The molecule has 1 nitrogen and oxygen atoms in total. The number of rotatable bonds is 0. The second kappa shape index (κ2) is 3.92. The number of aryl methyl sites for hydroxylation is 2. The van der Waals surface area contributed by atoms with Crippen LogP contribution < -0.4 is 5.32 Å². The zero-order valence-corrected chi connectivity index (χ0v) is 10.4. The highest BCUT2D eigenvalue weighted by molar-refractivity contribution is 5.63. The van der Waals surface area contributed by atoms with E-state index in [1.807, 2.05) is 0 Å². The van der Waals surface area contributed by atoms with Crippen molar-refractivity contribution in [3.8, 4) is 0 Å². The van der Waals surface area contributed by atoms with Gasteiger partial charge in [-0.2, -0.15) is 0 Å². The maximum atomic E-state index is 3.59. The molecule has 2 aromatic rings. The number of anilines is 1. The third-order valence-electron chi connectivity index (χ3n) is 3.70. The van der Waals surface area contributed by atoms with Gasteiger partial charge in [0.15, 0.2) is 0 Å². The summed E-state index contributed by atoms with van der Waals surface area (Å²) in [5.41, 5.74) is 8.39. The molecule has 1 heteroatoms. The smallest absolute Gasteiger partial charge is 0.0411 e. The second-order valence-electron chi connectivity index (χ2n) is 4.85. The van der Waals surface area contributed by atoms with Gasteiger partial charge in [-0.1, -0.05) is 36.4 Å². The summed E-state index contributed by atoms with van der Waals surface area (Å²) in [4.78, 5) is 0. The van der Waals surface area contributed by atoms with Crippen LogP contribution in [-0.4, -0.2) is 0 Å². The van der Waals surface area contributed by atoms with Gasteiger partial charge < -0.3 is 5.32 Å². The van der Waals surface area contributed by atoms with Crippen LogP contribution in [-0.2, 0) is 13.0 Å². The van der Waals surface area contributed by atoms with E-state index in [0.717, 1.165) is 13.0 Å². The SMILES string of the molecule is Cc1ccc(C)c2c1Cc1ccccc1CN2. The molecule has 1 aliphatic rings. The first-order valence-electron chi connectivity index (χ1n) is 6.15. The molecule has 0 aliphatic carbocycles. The summed E-state index contributed by atoms with van der Waals surface area (Å²) in [6.07, 6.45) is 1.05. The molecule has 2 aromatic carbocycles. The van der Waals surface area contributed by atoms with Crippen molar-refractivity contribution in [1.82, 2.24) is 0 Å². The molecule has 1 N–H and O–H groups in total. The minimum atomic E-state index is 0.938. The first-order valence-corrected chi connectivity index (χ1v) is 6.15. The molecule has 0 bridgehead atoms. The monoisotopic (exact) mass is 223 g/mol. The first kappa shape index (κ1) is 10.4. The summed E-state index contributed by atoms with van der Waals surface area (Å²) in [6.45, 7) is 5.32. The van der Waals surface area contributed by atoms with E-state index in [0.29, 0.717) is 0 Å². The molecule has 0 atom stereocenters. The molecule has 86 valence electrons. The Morgan fingerprint density at radius 2 is 1.59 bits per heavy atom. The summed E-state index contributed by atoms with van der Waals surface area (Å²) >= 11 is 0. The van der Waals surface area contributed by atoms with Crippen molar-refractivity contribution in [2.45, 2.75) is 26.8 Å². The van der Waals surface area contributed by atoms with Crippen LogP contribution in [0.25, 0.3) is 0 Å². The lowest BCUT2D eigenvalue weighted by atomic mass is 9.96. The maximum Gasteiger partial charge on any atom is 0.0411 e. The molecule has 1 aliphatic heterocycles. The van der Waals surface area contributed by atoms with E-state index in [1.165, 1.54) is 33.5 Å². The Morgan fingerprint density at radius 3 is 2.41 bits per heavy atom. The Balaban J connectivity index is 2.17. The number of hydrogen-bond donors (Lipinski definition) is 1. The van der Waals surface area contributed by atoms with Gasteiger partial charge in [-0.15, -0.1) is 0 Å². The van der Waals surface area contributed by atoms with Gasteiger partial charge in [0.2, 0.25) is 0 Å². The van der Waals surface area contributed by atoms with Crippen molar-refractivity contribution < 1.29 is 0 Å². The summed E-state index contributed by atoms with van der Waals surface area (Å²) in [6, 6.07) is 13.2.